The smallest absolute Gasteiger partial charge is 0.178 e. The maximum atomic E-state index is 13.6. The Morgan fingerprint density at radius 3 is 2.54 bits per heavy atom. The highest BCUT2D eigenvalue weighted by atomic mass is 32.2. The highest BCUT2D eigenvalue weighted by Gasteiger charge is 2.47. The summed E-state index contributed by atoms with van der Waals surface area (Å²) in [4.78, 5) is 0.315. The van der Waals surface area contributed by atoms with Crippen molar-refractivity contribution < 1.29 is 32.5 Å². The van der Waals surface area contributed by atoms with Crippen LogP contribution in [0.25, 0.3) is 0 Å². The van der Waals surface area contributed by atoms with E-state index >= 15 is 0 Å². The molecule has 9 heteroatoms. The molecule has 0 aromatic heterocycles. The molecule has 0 spiro atoms. The van der Waals surface area contributed by atoms with Gasteiger partial charge in [-0.3, -0.25) is 0 Å². The Kier molecular flexibility index (Phi) is 13.8. The Balaban J connectivity index is 1.42. The van der Waals surface area contributed by atoms with E-state index in [4.69, 9.17) is 24.7 Å². The maximum absolute atomic E-state index is 13.6. The van der Waals surface area contributed by atoms with Crippen LogP contribution in [0.1, 0.15) is 51.9 Å². The summed E-state index contributed by atoms with van der Waals surface area (Å²) in [5, 5.41) is 10.4. The fourth-order valence-electron chi connectivity index (χ4n) is 7.64. The van der Waals surface area contributed by atoms with Crippen molar-refractivity contribution in [3.63, 3.8) is 0 Å². The van der Waals surface area contributed by atoms with Crippen LogP contribution >= 0.6 is 0 Å². The molecule has 2 aliphatic heterocycles. The number of aliphatic hydroxyl groups excluding tert-OH is 1. The molecule has 3 aliphatic rings. The van der Waals surface area contributed by atoms with Crippen LogP contribution in [0.5, 0.6) is 0 Å². The van der Waals surface area contributed by atoms with Gasteiger partial charge in [0, 0.05) is 26.0 Å². The van der Waals surface area contributed by atoms with Crippen LogP contribution in [-0.2, 0) is 28.8 Å². The van der Waals surface area contributed by atoms with Gasteiger partial charge in [0.15, 0.2) is 9.84 Å². The zero-order chi connectivity index (χ0) is 33.3. The highest BCUT2D eigenvalue weighted by molar-refractivity contribution is 7.91. The maximum Gasteiger partial charge on any atom is 0.178 e. The van der Waals surface area contributed by atoms with Crippen molar-refractivity contribution in [2.45, 2.75) is 93.4 Å². The number of rotatable bonds is 17. The second-order valence-electron chi connectivity index (χ2n) is 13.4. The van der Waals surface area contributed by atoms with Crippen molar-refractivity contribution in [3.8, 4) is 0 Å². The first-order chi connectivity index (χ1) is 22.1. The molecule has 1 aromatic carbocycles. The fraction of sp³-hybridized carbons (Fsp3) is 0.622. The van der Waals surface area contributed by atoms with Gasteiger partial charge in [0.2, 0.25) is 0 Å². The second-order valence-corrected chi connectivity index (χ2v) is 15.4. The largest absolute Gasteiger partial charge is 0.392 e. The van der Waals surface area contributed by atoms with Gasteiger partial charge in [-0.05, 0) is 79.6 Å². The van der Waals surface area contributed by atoms with E-state index in [1.807, 2.05) is 12.1 Å². The summed E-state index contributed by atoms with van der Waals surface area (Å²) in [5.41, 5.74) is 7.93. The minimum Gasteiger partial charge on any atom is -0.392 e. The van der Waals surface area contributed by atoms with Crippen LogP contribution in [0.3, 0.4) is 0 Å². The lowest BCUT2D eigenvalue weighted by molar-refractivity contribution is -0.0549. The van der Waals surface area contributed by atoms with Gasteiger partial charge in [-0.2, -0.15) is 0 Å². The normalized spacial score (nSPS) is 32.7. The molecule has 1 saturated carbocycles. The van der Waals surface area contributed by atoms with Crippen molar-refractivity contribution in [1.29, 1.82) is 0 Å². The van der Waals surface area contributed by atoms with E-state index in [9.17, 15) is 13.5 Å². The molecule has 2 heterocycles. The monoisotopic (exact) mass is 657 g/mol. The molecule has 3 N–H and O–H groups in total. The third kappa shape index (κ3) is 9.72. The Bertz CT molecular complexity index is 1280. The van der Waals surface area contributed by atoms with Gasteiger partial charge < -0.3 is 29.8 Å². The van der Waals surface area contributed by atoms with Crippen molar-refractivity contribution in [2.75, 3.05) is 32.6 Å². The van der Waals surface area contributed by atoms with Crippen molar-refractivity contribution >= 4 is 9.84 Å². The topological polar surface area (TPSA) is 117 Å². The molecule has 10 atom stereocenters. The number of aliphatic hydroxyl groups is 1. The molecule has 0 bridgehead atoms. The Morgan fingerprint density at radius 2 is 1.85 bits per heavy atom. The van der Waals surface area contributed by atoms with Gasteiger partial charge in [0.25, 0.3) is 0 Å². The van der Waals surface area contributed by atoms with Crippen LogP contribution in [0.15, 0.2) is 84.3 Å². The molecular weight excluding hydrogens is 602 g/mol. The zero-order valence-corrected chi connectivity index (χ0v) is 28.5. The average molecular weight is 658 g/mol. The lowest BCUT2D eigenvalue weighted by Crippen LogP contribution is -2.38. The third-order valence-corrected chi connectivity index (χ3v) is 11.9. The first kappa shape index (κ1) is 36.7. The summed E-state index contributed by atoms with van der Waals surface area (Å²) in [5.74, 6) is 0.0242. The summed E-state index contributed by atoms with van der Waals surface area (Å²) >= 11 is 0. The number of nitrogens with two attached hydrogens (primary N) is 1. The third-order valence-electron chi connectivity index (χ3n) is 10.1. The van der Waals surface area contributed by atoms with Crippen molar-refractivity contribution in [1.82, 2.24) is 0 Å². The molecule has 1 aliphatic carbocycles. The van der Waals surface area contributed by atoms with Gasteiger partial charge in [0.05, 0.1) is 60.5 Å². The van der Waals surface area contributed by atoms with E-state index in [1.165, 1.54) is 0 Å². The first-order valence-electron chi connectivity index (χ1n) is 16.8. The molecule has 3 fully saturated rings. The molecule has 0 amide bonds. The number of hydrogen-bond donors (Lipinski definition) is 2. The lowest BCUT2D eigenvalue weighted by Gasteiger charge is -2.38. The average Bonchev–Trinajstić information content (AvgIpc) is 3.55. The van der Waals surface area contributed by atoms with E-state index < -0.39 is 15.9 Å². The highest BCUT2D eigenvalue weighted by Crippen LogP contribution is 2.46. The van der Waals surface area contributed by atoms with E-state index in [-0.39, 0.29) is 66.5 Å². The SMILES string of the molecule is C=CCOC/C=C/[C@H]1CC(=C)[C@H](CC[C@H]2C[C@@H](C)C(=C)[C@@H](C[C@@H]3C[C@H](C[C@H](O)CN)[C@H](OC)[C@H]3CS(=O)(=O)c3ccccc3)O2)O1. The van der Waals surface area contributed by atoms with Crippen LogP contribution in [-0.4, -0.2) is 82.8 Å². The van der Waals surface area contributed by atoms with Gasteiger partial charge >= 0.3 is 0 Å². The standard InChI is InChI=1S/C37H55NO7S/c1-6-16-43-17-10-11-31-19-26(3)35(44-31)15-14-32-18-25(2)27(4)36(45-32)22-28-20-29(21-30(39)23-38)37(42-5)34(28)24-46(40,41)33-12-8-7-9-13-33/h6-13,25,28-32,34-37,39H,1,3-4,14-24,38H2,2,5H3/b11-10+/t25-,28+,29-,30+,31+,32+,34+,35+,36-,37+/m1/s1. The number of hydrogen-bond acceptors (Lipinski definition) is 8. The Morgan fingerprint density at radius 1 is 1.09 bits per heavy atom. The van der Waals surface area contributed by atoms with Crippen molar-refractivity contribution in [3.05, 3.63) is 79.4 Å². The van der Waals surface area contributed by atoms with Gasteiger partial charge in [-0.1, -0.05) is 56.5 Å². The molecule has 4 rings (SSSR count). The summed E-state index contributed by atoms with van der Waals surface area (Å²) in [6.45, 7) is 15.8. The molecule has 256 valence electrons. The Hall–Kier alpha value is -2.11. The predicted octanol–water partition coefficient (Wildman–Crippen LogP) is 5.43. The molecule has 8 nitrogen and oxygen atoms in total. The zero-order valence-electron chi connectivity index (χ0n) is 27.7. The van der Waals surface area contributed by atoms with Crippen LogP contribution in [0.2, 0.25) is 0 Å². The summed E-state index contributed by atoms with van der Waals surface area (Å²) in [6, 6.07) is 8.61. The van der Waals surface area contributed by atoms with E-state index in [2.05, 4.69) is 32.7 Å². The number of sulfone groups is 1. The summed E-state index contributed by atoms with van der Waals surface area (Å²) < 4.78 is 51.6. The van der Waals surface area contributed by atoms with Gasteiger partial charge in [-0.25, -0.2) is 8.42 Å². The quantitative estimate of drug-likeness (QED) is 0.168. The predicted molar refractivity (Wildman–Crippen MR) is 182 cm³/mol. The van der Waals surface area contributed by atoms with Crippen LogP contribution in [0, 0.1) is 23.7 Å². The summed E-state index contributed by atoms with van der Waals surface area (Å²) in [7, 11) is -1.92. The minimum absolute atomic E-state index is 0.00401. The van der Waals surface area contributed by atoms with E-state index in [0.717, 1.165) is 43.3 Å². The fourth-order valence-corrected chi connectivity index (χ4v) is 9.37. The van der Waals surface area contributed by atoms with Crippen molar-refractivity contribution in [2.24, 2.45) is 29.4 Å². The Labute approximate surface area is 276 Å². The molecule has 0 radical (unpaired) electrons. The molecule has 46 heavy (non-hydrogen) atoms. The van der Waals surface area contributed by atoms with Gasteiger partial charge in [-0.15, -0.1) is 6.58 Å². The minimum atomic E-state index is -3.56. The first-order valence-corrected chi connectivity index (χ1v) is 18.4. The molecule has 0 unspecified atom stereocenters. The number of benzene rings is 1. The van der Waals surface area contributed by atoms with E-state index in [0.29, 0.717) is 31.0 Å². The van der Waals surface area contributed by atoms with E-state index in [1.54, 1.807) is 37.5 Å². The van der Waals surface area contributed by atoms with Crippen LogP contribution in [0.4, 0.5) is 0 Å². The molecule has 1 aromatic rings. The second kappa shape index (κ2) is 17.3. The lowest BCUT2D eigenvalue weighted by atomic mass is 9.81. The summed E-state index contributed by atoms with van der Waals surface area (Å²) in [6.07, 6.45) is 9.91. The molecule has 2 saturated heterocycles. The molecular formula is C37H55NO7S. The van der Waals surface area contributed by atoms with Crippen LogP contribution < -0.4 is 5.73 Å². The van der Waals surface area contributed by atoms with Gasteiger partial charge in [0.1, 0.15) is 0 Å². The number of methoxy groups -OCH3 is 1. The number of ether oxygens (including phenoxy) is 4.